The molecule has 27 heavy (non-hydrogen) atoms. The molecule has 1 saturated heterocycles. The Labute approximate surface area is 152 Å². The number of carbonyl (C=O) groups is 2. The fourth-order valence-corrected chi connectivity index (χ4v) is 2.97. The zero-order valence-electron chi connectivity index (χ0n) is 14.4. The van der Waals surface area contributed by atoms with Crippen LogP contribution in [-0.4, -0.2) is 70.0 Å². The highest BCUT2D eigenvalue weighted by Crippen LogP contribution is 2.39. The maximum Gasteiger partial charge on any atom is 0.335 e. The summed E-state index contributed by atoms with van der Waals surface area (Å²) in [6.07, 6.45) is -7.57. The molecule has 0 aliphatic carbocycles. The number of carboxylic acid groups (broad SMARTS) is 1. The number of aliphatic hydroxyl groups excluding tert-OH is 3. The number of methoxy groups -OCH3 is 1. The second-order valence-electron chi connectivity index (χ2n) is 6.02. The minimum Gasteiger partial charge on any atom is -0.495 e. The third kappa shape index (κ3) is 3.23. The fraction of sp³-hybridized carbons (Fsp3) is 0.412. The number of hydrogen-bond donors (Lipinski definition) is 4. The Hall–Kier alpha value is -2.66. The molecule has 0 radical (unpaired) electrons. The van der Waals surface area contributed by atoms with Crippen LogP contribution in [0.25, 0.3) is 11.0 Å². The van der Waals surface area contributed by atoms with E-state index in [0.717, 1.165) is 0 Å². The maximum atomic E-state index is 12.1. The number of fused-ring (bicyclic) bond motifs is 1. The molecule has 0 spiro atoms. The van der Waals surface area contributed by atoms with Crippen LogP contribution in [0.15, 0.2) is 22.8 Å². The van der Waals surface area contributed by atoms with E-state index in [1.807, 2.05) is 0 Å². The van der Waals surface area contributed by atoms with Gasteiger partial charge in [0.15, 0.2) is 11.9 Å². The van der Waals surface area contributed by atoms with Crippen molar-refractivity contribution in [3.05, 3.63) is 24.0 Å². The molecule has 3 rings (SSSR count). The Morgan fingerprint density at radius 2 is 1.85 bits per heavy atom. The summed E-state index contributed by atoms with van der Waals surface area (Å²) in [6.45, 7) is 1.27. The molecule has 1 fully saturated rings. The standard InChI is InChI=1S/C17H18O10/c1-6(18)10-9(5-8-7(3-4-25-8)14(10)24-2)26-17-13(21)11(19)12(20)15(27-17)16(22)23/h3-5,11-13,15,17,19-21H,1-2H3,(H,22,23). The molecule has 5 unspecified atom stereocenters. The van der Waals surface area contributed by atoms with E-state index in [-0.39, 0.29) is 17.1 Å². The van der Waals surface area contributed by atoms with Gasteiger partial charge in [0.1, 0.15) is 41.0 Å². The van der Waals surface area contributed by atoms with Crippen molar-refractivity contribution in [2.45, 2.75) is 37.6 Å². The van der Waals surface area contributed by atoms with Crippen molar-refractivity contribution in [3.8, 4) is 11.5 Å². The highest BCUT2D eigenvalue weighted by molar-refractivity contribution is 6.05. The summed E-state index contributed by atoms with van der Waals surface area (Å²) in [5, 5.41) is 39.4. The van der Waals surface area contributed by atoms with E-state index in [1.54, 1.807) is 6.07 Å². The van der Waals surface area contributed by atoms with Crippen molar-refractivity contribution in [3.63, 3.8) is 0 Å². The van der Waals surface area contributed by atoms with Gasteiger partial charge in [0.2, 0.25) is 6.29 Å². The van der Waals surface area contributed by atoms with Gasteiger partial charge in [0.25, 0.3) is 0 Å². The molecule has 10 nitrogen and oxygen atoms in total. The third-order valence-corrected chi connectivity index (χ3v) is 4.29. The molecule has 5 atom stereocenters. The van der Waals surface area contributed by atoms with E-state index in [9.17, 15) is 24.9 Å². The maximum absolute atomic E-state index is 12.1. The zero-order chi connectivity index (χ0) is 19.9. The molecule has 1 aromatic heterocycles. The molecule has 10 heteroatoms. The summed E-state index contributed by atoms with van der Waals surface area (Å²) >= 11 is 0. The highest BCUT2D eigenvalue weighted by Gasteiger charge is 2.48. The zero-order valence-corrected chi connectivity index (χ0v) is 14.4. The predicted octanol–water partition coefficient (Wildman–Crippen LogP) is -0.0850. The average molecular weight is 382 g/mol. The van der Waals surface area contributed by atoms with Gasteiger partial charge in [-0.1, -0.05) is 0 Å². The summed E-state index contributed by atoms with van der Waals surface area (Å²) in [5.74, 6) is -1.90. The van der Waals surface area contributed by atoms with Gasteiger partial charge in [0, 0.05) is 6.07 Å². The number of furan rings is 1. The molecule has 4 N–H and O–H groups in total. The summed E-state index contributed by atoms with van der Waals surface area (Å²) < 4.78 is 21.2. The molecule has 2 heterocycles. The Balaban J connectivity index is 2.03. The number of aliphatic carboxylic acids is 1. The minimum absolute atomic E-state index is 0.0229. The summed E-state index contributed by atoms with van der Waals surface area (Å²) in [7, 11) is 1.35. The van der Waals surface area contributed by atoms with E-state index in [2.05, 4.69) is 0 Å². The average Bonchev–Trinajstić information content (AvgIpc) is 3.08. The number of rotatable bonds is 5. The van der Waals surface area contributed by atoms with Crippen molar-refractivity contribution in [1.29, 1.82) is 0 Å². The molecule has 1 aliphatic rings. The van der Waals surface area contributed by atoms with Crippen LogP contribution in [0.1, 0.15) is 17.3 Å². The van der Waals surface area contributed by atoms with Crippen LogP contribution in [-0.2, 0) is 9.53 Å². The number of hydrogen-bond acceptors (Lipinski definition) is 9. The lowest BCUT2D eigenvalue weighted by Crippen LogP contribution is -2.61. The van der Waals surface area contributed by atoms with Crippen LogP contribution < -0.4 is 9.47 Å². The van der Waals surface area contributed by atoms with Crippen LogP contribution in [0.5, 0.6) is 11.5 Å². The molecule has 146 valence electrons. The van der Waals surface area contributed by atoms with Crippen LogP contribution >= 0.6 is 0 Å². The van der Waals surface area contributed by atoms with Crippen LogP contribution in [0.2, 0.25) is 0 Å². The number of ether oxygens (including phenoxy) is 3. The Morgan fingerprint density at radius 1 is 1.15 bits per heavy atom. The number of carbonyl (C=O) groups excluding carboxylic acids is 1. The van der Waals surface area contributed by atoms with E-state index >= 15 is 0 Å². The predicted molar refractivity (Wildman–Crippen MR) is 87.7 cm³/mol. The van der Waals surface area contributed by atoms with Crippen molar-refractivity contribution < 1.29 is 48.6 Å². The van der Waals surface area contributed by atoms with Crippen molar-refractivity contribution in [2.24, 2.45) is 0 Å². The molecule has 1 aromatic carbocycles. The Bertz CT molecular complexity index is 872. The summed E-state index contributed by atoms with van der Waals surface area (Å²) in [6, 6.07) is 2.95. The lowest BCUT2D eigenvalue weighted by molar-refractivity contribution is -0.271. The van der Waals surface area contributed by atoms with Gasteiger partial charge in [-0.15, -0.1) is 0 Å². The first-order chi connectivity index (χ1) is 12.8. The van der Waals surface area contributed by atoms with Crippen LogP contribution in [0.4, 0.5) is 0 Å². The lowest BCUT2D eigenvalue weighted by Gasteiger charge is -2.38. The highest BCUT2D eigenvalue weighted by atomic mass is 16.7. The first-order valence-corrected chi connectivity index (χ1v) is 7.94. The summed E-state index contributed by atoms with van der Waals surface area (Å²) in [4.78, 5) is 23.4. The molecular weight excluding hydrogens is 364 g/mol. The van der Waals surface area contributed by atoms with E-state index < -0.39 is 42.5 Å². The van der Waals surface area contributed by atoms with Gasteiger partial charge in [-0.2, -0.15) is 0 Å². The summed E-state index contributed by atoms with van der Waals surface area (Å²) in [5.41, 5.74) is 0.335. The van der Waals surface area contributed by atoms with E-state index in [4.69, 9.17) is 23.7 Å². The van der Waals surface area contributed by atoms with Gasteiger partial charge in [-0.05, 0) is 13.0 Å². The second-order valence-corrected chi connectivity index (χ2v) is 6.02. The Morgan fingerprint density at radius 3 is 2.44 bits per heavy atom. The van der Waals surface area contributed by atoms with Crippen LogP contribution in [0.3, 0.4) is 0 Å². The van der Waals surface area contributed by atoms with Crippen molar-refractivity contribution >= 4 is 22.7 Å². The SMILES string of the molecule is COc1c(C(C)=O)c(OC2OC(C(=O)O)C(O)C(O)C2O)cc2occc12. The van der Waals surface area contributed by atoms with Gasteiger partial charge in [0.05, 0.1) is 18.8 Å². The van der Waals surface area contributed by atoms with Crippen molar-refractivity contribution in [1.82, 2.24) is 0 Å². The first-order valence-electron chi connectivity index (χ1n) is 7.94. The molecule has 0 amide bonds. The van der Waals surface area contributed by atoms with E-state index in [0.29, 0.717) is 11.0 Å². The molecule has 1 aliphatic heterocycles. The monoisotopic (exact) mass is 382 g/mol. The van der Waals surface area contributed by atoms with Crippen molar-refractivity contribution in [2.75, 3.05) is 7.11 Å². The van der Waals surface area contributed by atoms with Gasteiger partial charge in [-0.25, -0.2) is 4.79 Å². The van der Waals surface area contributed by atoms with Gasteiger partial charge >= 0.3 is 5.97 Å². The smallest absolute Gasteiger partial charge is 0.335 e. The number of carboxylic acids is 1. The molecule has 0 saturated carbocycles. The van der Waals surface area contributed by atoms with Crippen LogP contribution in [0, 0.1) is 0 Å². The normalized spacial score (nSPS) is 28.1. The number of Topliss-reactive ketones (excluding diaryl/α,β-unsaturated/α-hetero) is 1. The minimum atomic E-state index is -1.85. The van der Waals surface area contributed by atoms with E-state index in [1.165, 1.54) is 26.4 Å². The quantitative estimate of drug-likeness (QED) is 0.516. The molecular formula is C17H18O10. The number of aliphatic hydroxyl groups is 3. The molecule has 0 bridgehead atoms. The van der Waals surface area contributed by atoms with Gasteiger partial charge in [-0.3, -0.25) is 4.79 Å². The van der Waals surface area contributed by atoms with Gasteiger partial charge < -0.3 is 39.1 Å². The first kappa shape index (κ1) is 19.1. The largest absolute Gasteiger partial charge is 0.495 e. The molecule has 2 aromatic rings. The fourth-order valence-electron chi connectivity index (χ4n) is 2.97. The lowest BCUT2D eigenvalue weighted by atomic mass is 9.99. The second kappa shape index (κ2) is 7.16. The number of ketones is 1. The third-order valence-electron chi connectivity index (χ3n) is 4.29. The number of benzene rings is 1. The topological polar surface area (TPSA) is 156 Å². The Kier molecular flexibility index (Phi) is 5.07.